The van der Waals surface area contributed by atoms with E-state index in [0.29, 0.717) is 18.6 Å². The number of aliphatic hydroxyl groups excluding tert-OH is 1. The molecule has 3 N–H and O–H groups in total. The van der Waals surface area contributed by atoms with Crippen molar-refractivity contribution < 1.29 is 5.11 Å². The average molecular weight is 426 g/mol. The van der Waals surface area contributed by atoms with E-state index in [4.69, 9.17) is 10.1 Å². The van der Waals surface area contributed by atoms with Crippen LogP contribution in [0.15, 0.2) is 35.7 Å². The molecule has 1 saturated carbocycles. The van der Waals surface area contributed by atoms with Gasteiger partial charge in [-0.3, -0.25) is 0 Å². The van der Waals surface area contributed by atoms with E-state index in [1.165, 1.54) is 12.8 Å². The molecule has 2 aromatic heterocycles. The van der Waals surface area contributed by atoms with Gasteiger partial charge in [-0.15, -0.1) is 0 Å². The van der Waals surface area contributed by atoms with Crippen LogP contribution in [-0.4, -0.2) is 32.7 Å². The molecule has 0 atom stereocenters. The van der Waals surface area contributed by atoms with Gasteiger partial charge in [0.1, 0.15) is 5.49 Å². The molecule has 0 aromatic carbocycles. The maximum atomic E-state index is 8.99. The summed E-state index contributed by atoms with van der Waals surface area (Å²) in [4.78, 5) is 16.9. The largest absolute Gasteiger partial charge is 0.396 e. The van der Waals surface area contributed by atoms with Gasteiger partial charge in [-0.05, 0) is 56.9 Å². The Kier molecular flexibility index (Phi) is 11.0. The Balaban J connectivity index is 0.000000807. The Hall–Kier alpha value is -2.47. The van der Waals surface area contributed by atoms with Crippen molar-refractivity contribution in [3.63, 3.8) is 0 Å². The highest BCUT2D eigenvalue weighted by molar-refractivity contribution is 5.61. The Morgan fingerprint density at radius 1 is 1.13 bits per heavy atom. The van der Waals surface area contributed by atoms with Gasteiger partial charge in [0.05, 0.1) is 5.69 Å². The zero-order valence-electron chi connectivity index (χ0n) is 19.6. The van der Waals surface area contributed by atoms with Crippen LogP contribution >= 0.6 is 0 Å². The van der Waals surface area contributed by atoms with Crippen molar-refractivity contribution in [2.24, 2.45) is 10.9 Å². The molecule has 0 unspecified atom stereocenters. The molecule has 4 rings (SSSR count). The number of anilines is 1. The molecule has 1 aliphatic carbocycles. The summed E-state index contributed by atoms with van der Waals surface area (Å²) in [6.07, 6.45) is 17.5. The number of nitrogens with zero attached hydrogens (tertiary/aromatic N) is 3. The van der Waals surface area contributed by atoms with Gasteiger partial charge in [0, 0.05) is 42.0 Å². The zero-order chi connectivity index (χ0) is 22.5. The van der Waals surface area contributed by atoms with Crippen molar-refractivity contribution in [1.82, 2.24) is 15.0 Å². The van der Waals surface area contributed by atoms with Gasteiger partial charge in [0.2, 0.25) is 5.95 Å². The number of hydrogen-bond acceptors (Lipinski definition) is 5. The maximum Gasteiger partial charge on any atom is 0.223 e. The molecule has 3 heterocycles. The lowest BCUT2D eigenvalue weighted by Crippen LogP contribution is -2.27. The average Bonchev–Trinajstić information content (AvgIpc) is 3.09. The Morgan fingerprint density at radius 3 is 2.65 bits per heavy atom. The summed E-state index contributed by atoms with van der Waals surface area (Å²) < 4.78 is 0. The third kappa shape index (κ3) is 7.03. The van der Waals surface area contributed by atoms with E-state index >= 15 is 0 Å². The van der Waals surface area contributed by atoms with Gasteiger partial charge in [-0.2, -0.15) is 0 Å². The lowest BCUT2D eigenvalue weighted by molar-refractivity contribution is 0.249. The van der Waals surface area contributed by atoms with Crippen molar-refractivity contribution in [3.05, 3.63) is 41.4 Å². The number of aromatic nitrogens is 3. The van der Waals surface area contributed by atoms with E-state index in [1.807, 2.05) is 58.4 Å². The van der Waals surface area contributed by atoms with Crippen LogP contribution in [-0.2, 0) is 0 Å². The lowest BCUT2D eigenvalue weighted by atomic mass is 9.83. The van der Waals surface area contributed by atoms with E-state index in [0.717, 1.165) is 60.0 Å². The summed E-state index contributed by atoms with van der Waals surface area (Å²) >= 11 is 0. The minimum atomic E-state index is 0.308. The molecular weight excluding hydrogens is 386 g/mol. The maximum absolute atomic E-state index is 8.99. The molecule has 6 heteroatoms. The van der Waals surface area contributed by atoms with Crippen LogP contribution in [0.1, 0.15) is 72.6 Å². The van der Waals surface area contributed by atoms with Gasteiger partial charge >= 0.3 is 0 Å². The molecule has 0 bridgehead atoms. The number of H-pyrrole nitrogens is 1. The molecule has 0 saturated heterocycles. The molecular formula is C25H39N5O. The van der Waals surface area contributed by atoms with Gasteiger partial charge < -0.3 is 15.4 Å². The molecule has 6 nitrogen and oxygen atoms in total. The van der Waals surface area contributed by atoms with E-state index in [2.05, 4.69) is 26.4 Å². The topological polar surface area (TPSA) is 86.2 Å². The second-order valence-corrected chi connectivity index (χ2v) is 7.41. The standard InChI is InChI=1S/C21H27N5O.2C2H6/c27-13-3-4-15-6-8-16(9-7-15)25-21-23-12-10-19(26-21)18-14-24-20-17(18)5-1-2-11-22-20;2*1-2/h2,5,10-12,14-16,27H,1,3-4,6-9,13H2,(H,22,24)(H,23,25,26);2*1-2H3. The predicted molar refractivity (Wildman–Crippen MR) is 129 cm³/mol. The molecule has 170 valence electrons. The summed E-state index contributed by atoms with van der Waals surface area (Å²) in [5.74, 6) is 1.45. The summed E-state index contributed by atoms with van der Waals surface area (Å²) in [5.41, 5.74) is 2.86. The van der Waals surface area contributed by atoms with E-state index < -0.39 is 0 Å². The highest BCUT2D eigenvalue weighted by Gasteiger charge is 2.21. The first-order valence-corrected chi connectivity index (χ1v) is 11.9. The van der Waals surface area contributed by atoms with Crippen molar-refractivity contribution in [2.75, 3.05) is 11.9 Å². The number of aromatic amines is 1. The molecule has 0 amide bonds. The third-order valence-corrected chi connectivity index (χ3v) is 5.55. The van der Waals surface area contributed by atoms with Crippen molar-refractivity contribution in [2.45, 2.75) is 78.7 Å². The summed E-state index contributed by atoms with van der Waals surface area (Å²) in [7, 11) is 0. The first-order valence-electron chi connectivity index (χ1n) is 11.9. The van der Waals surface area contributed by atoms with Crippen molar-refractivity contribution >= 4 is 12.0 Å². The monoisotopic (exact) mass is 425 g/mol. The summed E-state index contributed by atoms with van der Waals surface area (Å²) in [5, 5.41) is 13.6. The molecule has 31 heavy (non-hydrogen) atoms. The highest BCUT2D eigenvalue weighted by Crippen LogP contribution is 2.29. The normalized spacial score (nSPS) is 19.3. The predicted octanol–water partition coefficient (Wildman–Crippen LogP) is 4.58. The van der Waals surface area contributed by atoms with Gasteiger partial charge in [-0.1, -0.05) is 39.8 Å². The van der Waals surface area contributed by atoms with Crippen LogP contribution in [0.4, 0.5) is 5.95 Å². The smallest absolute Gasteiger partial charge is 0.223 e. The number of hydrogen-bond donors (Lipinski definition) is 3. The van der Waals surface area contributed by atoms with E-state index in [-0.39, 0.29) is 0 Å². The SMILES string of the molecule is CC.CC.OCCCC1CCC(Nc2nccc(-c3c[nH]c4c3=CCC=CN=4)n2)CC1. The van der Waals surface area contributed by atoms with Crippen molar-refractivity contribution in [3.8, 4) is 11.3 Å². The first-order chi connectivity index (χ1) is 15.3. The van der Waals surface area contributed by atoms with Gasteiger partial charge in [0.15, 0.2) is 0 Å². The lowest BCUT2D eigenvalue weighted by Gasteiger charge is -2.29. The van der Waals surface area contributed by atoms with Crippen LogP contribution in [0.3, 0.4) is 0 Å². The van der Waals surface area contributed by atoms with Gasteiger partial charge in [-0.25, -0.2) is 15.0 Å². The molecule has 2 aromatic rings. The van der Waals surface area contributed by atoms with Crippen LogP contribution in [0.25, 0.3) is 17.3 Å². The van der Waals surface area contributed by atoms with Crippen LogP contribution in [0, 0.1) is 5.92 Å². The fraction of sp³-hybridized carbons (Fsp3) is 0.560. The minimum absolute atomic E-state index is 0.308. The number of aliphatic hydroxyl groups is 1. The molecule has 1 aliphatic heterocycles. The van der Waals surface area contributed by atoms with E-state index in [9.17, 15) is 0 Å². The molecule has 0 radical (unpaired) electrons. The molecule has 1 fully saturated rings. The number of fused-ring (bicyclic) bond motifs is 1. The fourth-order valence-corrected chi connectivity index (χ4v) is 4.06. The second-order valence-electron chi connectivity index (χ2n) is 7.41. The molecule has 0 spiro atoms. The minimum Gasteiger partial charge on any atom is -0.396 e. The van der Waals surface area contributed by atoms with Crippen molar-refractivity contribution in [1.29, 1.82) is 0 Å². The summed E-state index contributed by atoms with van der Waals surface area (Å²) in [6, 6.07) is 2.38. The second kappa shape index (κ2) is 13.8. The fourth-order valence-electron chi connectivity index (χ4n) is 4.06. The van der Waals surface area contributed by atoms with Crippen LogP contribution < -0.4 is 16.0 Å². The Labute approximate surface area is 186 Å². The number of allylic oxidation sites excluding steroid dienone is 1. The zero-order valence-corrected chi connectivity index (χ0v) is 19.6. The summed E-state index contributed by atoms with van der Waals surface area (Å²) in [6.45, 7) is 8.31. The Bertz CT molecular complexity index is 910. The highest BCUT2D eigenvalue weighted by atomic mass is 16.2. The van der Waals surface area contributed by atoms with Crippen LogP contribution in [0.5, 0.6) is 0 Å². The molecule has 2 aliphatic rings. The first kappa shape index (κ1) is 24.8. The quantitative estimate of drug-likeness (QED) is 0.632. The Morgan fingerprint density at radius 2 is 1.90 bits per heavy atom. The number of rotatable bonds is 6. The van der Waals surface area contributed by atoms with Crippen LogP contribution in [0.2, 0.25) is 0 Å². The van der Waals surface area contributed by atoms with E-state index in [1.54, 1.807) is 0 Å². The number of nitrogens with one attached hydrogen (secondary N) is 2. The third-order valence-electron chi connectivity index (χ3n) is 5.55. The van der Waals surface area contributed by atoms with Gasteiger partial charge in [0.25, 0.3) is 0 Å².